The smallest absolute Gasteiger partial charge is 0.373 e. The Kier molecular flexibility index (Phi) is 8.63. The predicted molar refractivity (Wildman–Crippen MR) is 145 cm³/mol. The molecule has 0 unspecified atom stereocenters. The molecule has 0 amide bonds. The molecular weight excluding hydrogens is 554 g/mol. The SMILES string of the molecule is CCOc1cc(C#N)cc(Oc2nc(Oc3cc([N+](=O)[O-])cc([N+](=O)[O-])c3)nc(NCc3ccccc3)c2[N+](=O)[O-])c1. The van der Waals surface area contributed by atoms with Gasteiger partial charge in [0.25, 0.3) is 11.4 Å². The minimum atomic E-state index is -0.851. The van der Waals surface area contributed by atoms with Gasteiger partial charge < -0.3 is 19.5 Å². The van der Waals surface area contributed by atoms with E-state index in [9.17, 15) is 35.6 Å². The van der Waals surface area contributed by atoms with Crippen LogP contribution in [0, 0.1) is 41.7 Å². The fourth-order valence-electron chi connectivity index (χ4n) is 3.60. The second-order valence-electron chi connectivity index (χ2n) is 8.25. The number of nitriles is 1. The number of ether oxygens (including phenoxy) is 3. The van der Waals surface area contributed by atoms with Crippen molar-refractivity contribution in [2.75, 3.05) is 11.9 Å². The van der Waals surface area contributed by atoms with Crippen LogP contribution < -0.4 is 19.5 Å². The molecule has 1 heterocycles. The number of nitro groups is 3. The third kappa shape index (κ3) is 6.98. The Morgan fingerprint density at radius 1 is 0.833 bits per heavy atom. The Balaban J connectivity index is 1.83. The van der Waals surface area contributed by atoms with Gasteiger partial charge in [0.05, 0.1) is 51.2 Å². The van der Waals surface area contributed by atoms with Crippen molar-refractivity contribution < 1.29 is 29.0 Å². The molecule has 4 rings (SSSR count). The molecule has 0 bridgehead atoms. The summed E-state index contributed by atoms with van der Waals surface area (Å²) in [5.41, 5.74) is -1.10. The van der Waals surface area contributed by atoms with Crippen molar-refractivity contribution in [3.63, 3.8) is 0 Å². The van der Waals surface area contributed by atoms with Gasteiger partial charge in [-0.15, -0.1) is 0 Å². The zero-order valence-corrected chi connectivity index (χ0v) is 21.6. The van der Waals surface area contributed by atoms with Crippen molar-refractivity contribution in [1.82, 2.24) is 9.97 Å². The van der Waals surface area contributed by atoms with E-state index < -0.39 is 43.7 Å². The molecule has 212 valence electrons. The third-order valence-corrected chi connectivity index (χ3v) is 5.36. The first-order chi connectivity index (χ1) is 20.2. The van der Waals surface area contributed by atoms with Gasteiger partial charge in [-0.25, -0.2) is 0 Å². The largest absolute Gasteiger partial charge is 0.494 e. The summed E-state index contributed by atoms with van der Waals surface area (Å²) in [6.07, 6.45) is 0. The van der Waals surface area contributed by atoms with Gasteiger partial charge in [0, 0.05) is 12.6 Å². The molecule has 0 aliphatic carbocycles. The van der Waals surface area contributed by atoms with Crippen LogP contribution in [0.4, 0.5) is 22.9 Å². The first-order valence-electron chi connectivity index (χ1n) is 12.0. The van der Waals surface area contributed by atoms with Crippen LogP contribution in [0.5, 0.6) is 29.1 Å². The van der Waals surface area contributed by atoms with E-state index >= 15 is 0 Å². The molecule has 0 saturated carbocycles. The van der Waals surface area contributed by atoms with Crippen molar-refractivity contribution >= 4 is 22.9 Å². The Bertz CT molecular complexity index is 1680. The molecule has 16 heteroatoms. The fraction of sp³-hybridized carbons (Fsp3) is 0.115. The highest BCUT2D eigenvalue weighted by atomic mass is 16.6. The zero-order valence-electron chi connectivity index (χ0n) is 21.6. The molecule has 0 aliphatic rings. The van der Waals surface area contributed by atoms with Gasteiger partial charge in [-0.05, 0) is 24.6 Å². The lowest BCUT2D eigenvalue weighted by Gasteiger charge is -2.13. The number of hydrogen-bond donors (Lipinski definition) is 1. The monoisotopic (exact) mass is 573 g/mol. The van der Waals surface area contributed by atoms with Crippen LogP contribution in [0.3, 0.4) is 0 Å². The first-order valence-corrected chi connectivity index (χ1v) is 12.0. The molecule has 4 aromatic rings. The van der Waals surface area contributed by atoms with Crippen molar-refractivity contribution in [3.05, 3.63) is 108 Å². The number of hydrogen-bond acceptors (Lipinski definition) is 13. The summed E-state index contributed by atoms with van der Waals surface area (Å²) in [4.78, 5) is 40.4. The minimum Gasteiger partial charge on any atom is -0.494 e. The second-order valence-corrected chi connectivity index (χ2v) is 8.25. The summed E-state index contributed by atoms with van der Waals surface area (Å²) >= 11 is 0. The van der Waals surface area contributed by atoms with Crippen LogP contribution in [0.2, 0.25) is 0 Å². The van der Waals surface area contributed by atoms with Crippen LogP contribution in [0.1, 0.15) is 18.1 Å². The molecule has 0 spiro atoms. The number of benzene rings is 3. The van der Waals surface area contributed by atoms with Crippen LogP contribution >= 0.6 is 0 Å². The quantitative estimate of drug-likeness (QED) is 0.160. The molecule has 0 atom stereocenters. The lowest BCUT2D eigenvalue weighted by molar-refractivity contribution is -0.394. The summed E-state index contributed by atoms with van der Waals surface area (Å²) in [5.74, 6) is -1.12. The second kappa shape index (κ2) is 12.7. The highest BCUT2D eigenvalue weighted by Crippen LogP contribution is 2.39. The van der Waals surface area contributed by atoms with Gasteiger partial charge in [-0.3, -0.25) is 30.3 Å². The summed E-state index contributed by atoms with van der Waals surface area (Å²) in [5, 5.41) is 47.0. The standard InChI is InChI=1S/C26H19N7O9/c1-2-40-20-8-17(14-27)9-21(13-20)41-25-23(33(38)39)24(28-15-16-6-4-3-5-7-16)29-26(30-25)42-22-11-18(31(34)35)10-19(12-22)32(36)37/h3-13H,2,15H2,1H3,(H,28,29,30). The van der Waals surface area contributed by atoms with E-state index in [1.165, 1.54) is 18.2 Å². The van der Waals surface area contributed by atoms with E-state index in [0.717, 1.165) is 23.8 Å². The predicted octanol–water partition coefficient (Wildman–Crippen LogP) is 5.67. The summed E-state index contributed by atoms with van der Waals surface area (Å²) in [7, 11) is 0. The Labute approximate surface area is 236 Å². The number of aromatic nitrogens is 2. The molecule has 3 aromatic carbocycles. The lowest BCUT2D eigenvalue weighted by atomic mass is 10.2. The Hall–Kier alpha value is -6.37. The molecular formula is C26H19N7O9. The lowest BCUT2D eigenvalue weighted by Crippen LogP contribution is -2.09. The van der Waals surface area contributed by atoms with Crippen LogP contribution in [0.15, 0.2) is 66.7 Å². The van der Waals surface area contributed by atoms with Gasteiger partial charge in [-0.2, -0.15) is 15.2 Å². The van der Waals surface area contributed by atoms with Crippen molar-refractivity contribution in [1.29, 1.82) is 5.26 Å². The molecule has 42 heavy (non-hydrogen) atoms. The van der Waals surface area contributed by atoms with Crippen LogP contribution in [0.25, 0.3) is 0 Å². The molecule has 0 radical (unpaired) electrons. The van der Waals surface area contributed by atoms with Crippen molar-refractivity contribution in [3.8, 4) is 35.2 Å². The van der Waals surface area contributed by atoms with Gasteiger partial charge in [0.1, 0.15) is 17.2 Å². The first kappa shape index (κ1) is 28.6. The maximum absolute atomic E-state index is 12.2. The summed E-state index contributed by atoms with van der Waals surface area (Å²) < 4.78 is 16.7. The van der Waals surface area contributed by atoms with Crippen molar-refractivity contribution in [2.45, 2.75) is 13.5 Å². The zero-order chi connectivity index (χ0) is 30.2. The maximum Gasteiger partial charge on any atom is 0.373 e. The number of nitro benzene ring substituents is 2. The Morgan fingerprint density at radius 3 is 2.07 bits per heavy atom. The molecule has 0 fully saturated rings. The molecule has 16 nitrogen and oxygen atoms in total. The third-order valence-electron chi connectivity index (χ3n) is 5.36. The summed E-state index contributed by atoms with van der Waals surface area (Å²) in [6, 6.07) is 16.9. The topological polar surface area (TPSA) is 219 Å². The number of anilines is 1. The van der Waals surface area contributed by atoms with E-state index in [-0.39, 0.29) is 41.8 Å². The van der Waals surface area contributed by atoms with Crippen LogP contribution in [-0.4, -0.2) is 31.3 Å². The highest BCUT2D eigenvalue weighted by Gasteiger charge is 2.29. The van der Waals surface area contributed by atoms with Gasteiger partial charge in [-0.1, -0.05) is 30.3 Å². The number of non-ortho nitro benzene ring substituents is 2. The van der Waals surface area contributed by atoms with E-state index in [1.807, 2.05) is 6.07 Å². The maximum atomic E-state index is 12.2. The molecule has 1 N–H and O–H groups in total. The minimum absolute atomic E-state index is 0.0368. The molecule has 0 saturated heterocycles. The number of nitrogens with one attached hydrogen (secondary N) is 1. The Morgan fingerprint density at radius 2 is 1.48 bits per heavy atom. The van der Waals surface area contributed by atoms with Crippen LogP contribution in [-0.2, 0) is 6.54 Å². The fourth-order valence-corrected chi connectivity index (χ4v) is 3.60. The molecule has 0 aliphatic heterocycles. The number of nitrogens with zero attached hydrogens (tertiary/aromatic N) is 6. The highest BCUT2D eigenvalue weighted by molar-refractivity contribution is 5.64. The number of rotatable bonds is 12. The van der Waals surface area contributed by atoms with Gasteiger partial charge in [0.2, 0.25) is 5.82 Å². The van der Waals surface area contributed by atoms with E-state index in [4.69, 9.17) is 14.2 Å². The van der Waals surface area contributed by atoms with Gasteiger partial charge in [0.15, 0.2) is 0 Å². The van der Waals surface area contributed by atoms with E-state index in [0.29, 0.717) is 0 Å². The normalized spacial score (nSPS) is 10.3. The van der Waals surface area contributed by atoms with E-state index in [1.54, 1.807) is 37.3 Å². The molecule has 1 aromatic heterocycles. The van der Waals surface area contributed by atoms with Gasteiger partial charge >= 0.3 is 17.6 Å². The average molecular weight is 573 g/mol. The van der Waals surface area contributed by atoms with E-state index in [2.05, 4.69) is 15.3 Å². The summed E-state index contributed by atoms with van der Waals surface area (Å²) in [6.45, 7) is 2.07. The van der Waals surface area contributed by atoms with Crippen molar-refractivity contribution in [2.24, 2.45) is 0 Å². The average Bonchev–Trinajstić information content (AvgIpc) is 2.96.